The molecule has 162 valence electrons. The predicted molar refractivity (Wildman–Crippen MR) is 115 cm³/mol. The lowest BCUT2D eigenvalue weighted by atomic mass is 10.1. The first-order valence-corrected chi connectivity index (χ1v) is 10.1. The summed E-state index contributed by atoms with van der Waals surface area (Å²) in [4.78, 5) is 27.5. The molecule has 1 aliphatic rings. The molecule has 4 rings (SSSR count). The summed E-state index contributed by atoms with van der Waals surface area (Å²) in [7, 11) is 1.62. The van der Waals surface area contributed by atoms with Crippen LogP contribution < -0.4 is 4.74 Å². The van der Waals surface area contributed by atoms with Crippen LogP contribution >= 0.6 is 0 Å². The number of aromatic nitrogens is 5. The zero-order chi connectivity index (χ0) is 22.0. The Bertz CT molecular complexity index is 1120. The number of piperidine rings is 1. The third kappa shape index (κ3) is 4.79. The summed E-state index contributed by atoms with van der Waals surface area (Å²) < 4.78 is 12.3. The van der Waals surface area contributed by atoms with Crippen LogP contribution in [0, 0.1) is 0 Å². The maximum Gasteiger partial charge on any atom is 0.410 e. The third-order valence-corrected chi connectivity index (χ3v) is 4.67. The lowest BCUT2D eigenvalue weighted by Crippen LogP contribution is -2.43. The van der Waals surface area contributed by atoms with Crippen molar-refractivity contribution in [1.82, 2.24) is 29.9 Å². The number of benzene rings is 1. The maximum atomic E-state index is 12.4. The molecule has 0 spiro atoms. The summed E-state index contributed by atoms with van der Waals surface area (Å²) in [6, 6.07) is 7.44. The minimum absolute atomic E-state index is 0.311. The smallest absolute Gasteiger partial charge is 0.410 e. The van der Waals surface area contributed by atoms with E-state index in [4.69, 9.17) is 9.47 Å². The first kappa shape index (κ1) is 20.7. The quantitative estimate of drug-likeness (QED) is 0.636. The van der Waals surface area contributed by atoms with Crippen molar-refractivity contribution >= 4 is 28.9 Å². The highest BCUT2D eigenvalue weighted by Crippen LogP contribution is 2.20. The summed E-state index contributed by atoms with van der Waals surface area (Å²) in [6.45, 7) is 6.60. The molecule has 31 heavy (non-hydrogen) atoms. The van der Waals surface area contributed by atoms with Gasteiger partial charge in [-0.25, -0.2) is 14.8 Å². The van der Waals surface area contributed by atoms with Gasteiger partial charge >= 0.3 is 6.09 Å². The first-order chi connectivity index (χ1) is 14.8. The second kappa shape index (κ2) is 8.29. The number of fused-ring (bicyclic) bond motifs is 1. The number of aliphatic imine (C=N–C) groups is 1. The molecule has 0 N–H and O–H groups in total. The second-order valence-electron chi connectivity index (χ2n) is 8.26. The van der Waals surface area contributed by atoms with Crippen LogP contribution in [0.3, 0.4) is 0 Å². The highest BCUT2D eigenvalue weighted by atomic mass is 16.6. The Morgan fingerprint density at radius 1 is 1.19 bits per heavy atom. The molecule has 0 aliphatic carbocycles. The molecule has 1 aliphatic heterocycles. The Morgan fingerprint density at radius 2 is 1.97 bits per heavy atom. The van der Waals surface area contributed by atoms with E-state index in [2.05, 4.69) is 25.3 Å². The molecule has 10 heteroatoms. The Hall–Kier alpha value is -3.56. The summed E-state index contributed by atoms with van der Waals surface area (Å²) in [5.74, 6) is 1.06. The number of carbonyl (C=O) groups excluding carboxylic acids is 1. The Labute approximate surface area is 179 Å². The van der Waals surface area contributed by atoms with E-state index in [9.17, 15) is 4.79 Å². The number of amides is 1. The van der Waals surface area contributed by atoms with E-state index < -0.39 is 5.60 Å². The third-order valence-electron chi connectivity index (χ3n) is 4.67. The van der Waals surface area contributed by atoms with Crippen molar-refractivity contribution < 1.29 is 14.3 Å². The van der Waals surface area contributed by atoms with Crippen molar-refractivity contribution in [1.29, 1.82) is 0 Å². The van der Waals surface area contributed by atoms with Gasteiger partial charge in [0.15, 0.2) is 11.2 Å². The van der Waals surface area contributed by atoms with Crippen molar-refractivity contribution in [3.8, 4) is 11.4 Å². The van der Waals surface area contributed by atoms with Crippen LogP contribution in [0.1, 0.15) is 33.6 Å². The molecular formula is C21H25N7O3. The number of nitrogens with zero attached hydrogens (tertiary/aromatic N) is 7. The fourth-order valence-corrected chi connectivity index (χ4v) is 3.24. The van der Waals surface area contributed by atoms with E-state index in [0.29, 0.717) is 30.2 Å². The Kier molecular flexibility index (Phi) is 5.53. The van der Waals surface area contributed by atoms with Gasteiger partial charge in [-0.3, -0.25) is 0 Å². The number of methoxy groups -OCH3 is 1. The van der Waals surface area contributed by atoms with Gasteiger partial charge in [0.25, 0.3) is 5.95 Å². The van der Waals surface area contributed by atoms with Crippen LogP contribution in [0.4, 0.5) is 10.7 Å². The lowest BCUT2D eigenvalue weighted by Gasteiger charge is -2.30. The number of hydrogen-bond donors (Lipinski definition) is 0. The molecule has 0 unspecified atom stereocenters. The molecule has 0 atom stereocenters. The van der Waals surface area contributed by atoms with Gasteiger partial charge in [-0.2, -0.15) is 9.67 Å². The topological polar surface area (TPSA) is 108 Å². The number of likely N-dealkylation sites (tertiary alicyclic amines) is 1. The highest BCUT2D eigenvalue weighted by molar-refractivity contribution is 5.91. The first-order valence-electron chi connectivity index (χ1n) is 10.1. The van der Waals surface area contributed by atoms with Gasteiger partial charge < -0.3 is 14.4 Å². The minimum Gasteiger partial charge on any atom is -0.497 e. The standard InChI is InChI=1S/C21H25N7O3/c1-21(2,3)31-20(29)27-11-5-6-14(13-27)23-19-22-12-17-18(24-19)28(26-25-17)15-7-9-16(30-4)10-8-15/h7-10,12H,5-6,11,13H2,1-4H3. The van der Waals surface area contributed by atoms with E-state index in [0.717, 1.165) is 30.0 Å². The number of carbonyl (C=O) groups is 1. The average molecular weight is 423 g/mol. The van der Waals surface area contributed by atoms with Crippen LogP contribution in [-0.2, 0) is 4.74 Å². The second-order valence-corrected chi connectivity index (χ2v) is 8.26. The number of ether oxygens (including phenoxy) is 2. The molecule has 2 aromatic heterocycles. The lowest BCUT2D eigenvalue weighted by molar-refractivity contribution is 0.0266. The predicted octanol–water partition coefficient (Wildman–Crippen LogP) is 3.32. The van der Waals surface area contributed by atoms with E-state index in [-0.39, 0.29) is 6.09 Å². The molecule has 1 saturated heterocycles. The van der Waals surface area contributed by atoms with Crippen molar-refractivity contribution in [2.75, 3.05) is 20.2 Å². The largest absolute Gasteiger partial charge is 0.497 e. The number of rotatable bonds is 3. The molecule has 1 amide bonds. The van der Waals surface area contributed by atoms with Gasteiger partial charge in [-0.1, -0.05) is 5.21 Å². The average Bonchev–Trinajstić information content (AvgIpc) is 3.16. The monoisotopic (exact) mass is 423 g/mol. The highest BCUT2D eigenvalue weighted by Gasteiger charge is 2.26. The van der Waals surface area contributed by atoms with E-state index in [1.54, 1.807) is 22.9 Å². The zero-order valence-electron chi connectivity index (χ0n) is 18.1. The van der Waals surface area contributed by atoms with Gasteiger partial charge in [0.1, 0.15) is 11.4 Å². The minimum atomic E-state index is -0.535. The fourth-order valence-electron chi connectivity index (χ4n) is 3.24. The summed E-state index contributed by atoms with van der Waals surface area (Å²) in [5, 5.41) is 8.32. The van der Waals surface area contributed by atoms with Gasteiger partial charge in [-0.05, 0) is 57.9 Å². The maximum absolute atomic E-state index is 12.4. The molecule has 1 aromatic carbocycles. The Morgan fingerprint density at radius 3 is 2.68 bits per heavy atom. The van der Waals surface area contributed by atoms with Gasteiger partial charge in [-0.15, -0.1) is 5.10 Å². The molecule has 1 fully saturated rings. The molecule has 0 radical (unpaired) electrons. The van der Waals surface area contributed by atoms with E-state index >= 15 is 0 Å². The normalized spacial score (nSPS) is 16.0. The van der Waals surface area contributed by atoms with Crippen molar-refractivity contribution in [3.05, 3.63) is 30.5 Å². The zero-order valence-corrected chi connectivity index (χ0v) is 18.1. The van der Waals surface area contributed by atoms with Crippen LogP contribution in [-0.4, -0.2) is 67.5 Å². The molecule has 0 bridgehead atoms. The Balaban J connectivity index is 1.58. The van der Waals surface area contributed by atoms with Crippen LogP contribution in [0.5, 0.6) is 5.75 Å². The molecule has 10 nitrogen and oxygen atoms in total. The summed E-state index contributed by atoms with van der Waals surface area (Å²) in [6.07, 6.45) is 2.85. The molecular weight excluding hydrogens is 398 g/mol. The van der Waals surface area contributed by atoms with Crippen LogP contribution in [0.25, 0.3) is 16.9 Å². The fraction of sp³-hybridized carbons (Fsp3) is 0.429. The van der Waals surface area contributed by atoms with Gasteiger partial charge in [0, 0.05) is 12.3 Å². The van der Waals surface area contributed by atoms with Crippen molar-refractivity contribution in [2.24, 2.45) is 4.99 Å². The van der Waals surface area contributed by atoms with E-state index in [1.165, 1.54) is 0 Å². The van der Waals surface area contributed by atoms with Gasteiger partial charge in [0.2, 0.25) is 0 Å². The number of hydrogen-bond acceptors (Lipinski definition) is 8. The molecule has 0 saturated carbocycles. The van der Waals surface area contributed by atoms with Gasteiger partial charge in [0.05, 0.1) is 25.5 Å². The SMILES string of the molecule is COc1ccc(-n2nnc3cnc(N=C4CCCN(C(=O)OC(C)(C)C)C4)nc32)cc1. The van der Waals surface area contributed by atoms with E-state index in [1.807, 2.05) is 45.0 Å². The van der Waals surface area contributed by atoms with Crippen LogP contribution in [0.15, 0.2) is 35.5 Å². The molecule has 3 heterocycles. The summed E-state index contributed by atoms with van der Waals surface area (Å²) in [5.41, 5.74) is 2.22. The van der Waals surface area contributed by atoms with Crippen molar-refractivity contribution in [2.45, 2.75) is 39.2 Å². The summed E-state index contributed by atoms with van der Waals surface area (Å²) >= 11 is 0. The van der Waals surface area contributed by atoms with Crippen LogP contribution in [0.2, 0.25) is 0 Å². The molecule has 3 aromatic rings. The van der Waals surface area contributed by atoms with Crippen molar-refractivity contribution in [3.63, 3.8) is 0 Å².